The lowest BCUT2D eigenvalue weighted by Gasteiger charge is -2.07. The highest BCUT2D eigenvalue weighted by atomic mass is 19.1. The molecule has 0 aliphatic heterocycles. The molecule has 0 atom stereocenters. The van der Waals surface area contributed by atoms with Gasteiger partial charge in [0.15, 0.2) is 0 Å². The molecule has 2 aromatic rings. The van der Waals surface area contributed by atoms with Crippen molar-refractivity contribution < 1.29 is 9.13 Å². The van der Waals surface area contributed by atoms with Crippen LogP contribution in [0, 0.1) is 5.82 Å². The van der Waals surface area contributed by atoms with Crippen molar-refractivity contribution in [1.82, 2.24) is 4.98 Å². The molecule has 1 aromatic carbocycles. The number of hydrogen-bond acceptors (Lipinski definition) is 3. The van der Waals surface area contributed by atoms with Gasteiger partial charge in [-0.15, -0.1) is 0 Å². The van der Waals surface area contributed by atoms with Crippen LogP contribution < -0.4 is 10.5 Å². The van der Waals surface area contributed by atoms with Gasteiger partial charge in [0.25, 0.3) is 0 Å². The minimum Gasteiger partial charge on any atom is -0.497 e. The van der Waals surface area contributed by atoms with Gasteiger partial charge in [-0.1, -0.05) is 0 Å². The first-order valence-electron chi connectivity index (χ1n) is 4.76. The first-order valence-corrected chi connectivity index (χ1v) is 4.76. The monoisotopic (exact) mass is 218 g/mol. The van der Waals surface area contributed by atoms with Gasteiger partial charge < -0.3 is 10.5 Å². The summed E-state index contributed by atoms with van der Waals surface area (Å²) in [6.07, 6.45) is 3.11. The Morgan fingerprint density at radius 1 is 1.25 bits per heavy atom. The molecule has 82 valence electrons. The van der Waals surface area contributed by atoms with Crippen LogP contribution in [0.5, 0.6) is 5.75 Å². The largest absolute Gasteiger partial charge is 0.497 e. The first kappa shape index (κ1) is 10.4. The van der Waals surface area contributed by atoms with E-state index >= 15 is 0 Å². The van der Waals surface area contributed by atoms with Crippen LogP contribution >= 0.6 is 0 Å². The molecule has 0 saturated carbocycles. The molecular formula is C12H11FN2O. The lowest BCUT2D eigenvalue weighted by atomic mass is 10.1. The van der Waals surface area contributed by atoms with Gasteiger partial charge in [-0.2, -0.15) is 0 Å². The Bertz CT molecular complexity index is 514. The molecule has 1 aromatic heterocycles. The van der Waals surface area contributed by atoms with Crippen LogP contribution in [0.15, 0.2) is 36.7 Å². The van der Waals surface area contributed by atoms with Gasteiger partial charge in [0.05, 0.1) is 7.11 Å². The van der Waals surface area contributed by atoms with Gasteiger partial charge >= 0.3 is 0 Å². The Morgan fingerprint density at radius 3 is 2.69 bits per heavy atom. The number of pyridine rings is 1. The minimum atomic E-state index is -0.376. The van der Waals surface area contributed by atoms with Crippen LogP contribution in [0.1, 0.15) is 0 Å². The van der Waals surface area contributed by atoms with Gasteiger partial charge in [-0.25, -0.2) is 4.39 Å². The number of halogens is 1. The third-order valence-corrected chi connectivity index (χ3v) is 2.32. The zero-order valence-electron chi connectivity index (χ0n) is 8.77. The Balaban J connectivity index is 2.53. The van der Waals surface area contributed by atoms with Crippen molar-refractivity contribution in [3.05, 3.63) is 42.5 Å². The summed E-state index contributed by atoms with van der Waals surface area (Å²) < 4.78 is 18.7. The molecule has 0 spiro atoms. The van der Waals surface area contributed by atoms with Crippen molar-refractivity contribution in [3.8, 4) is 16.9 Å². The smallest absolute Gasteiger partial charge is 0.134 e. The molecule has 16 heavy (non-hydrogen) atoms. The van der Waals surface area contributed by atoms with E-state index in [9.17, 15) is 4.39 Å². The van der Waals surface area contributed by atoms with E-state index in [1.165, 1.54) is 13.2 Å². The van der Waals surface area contributed by atoms with Crippen molar-refractivity contribution in [3.63, 3.8) is 0 Å². The number of ether oxygens (including phenoxy) is 1. The molecule has 0 bridgehead atoms. The van der Waals surface area contributed by atoms with Gasteiger partial charge in [0, 0.05) is 35.3 Å². The fraction of sp³-hybridized carbons (Fsp3) is 0.0833. The quantitative estimate of drug-likeness (QED) is 0.842. The molecule has 0 radical (unpaired) electrons. The topological polar surface area (TPSA) is 48.1 Å². The highest BCUT2D eigenvalue weighted by molar-refractivity contribution is 5.75. The van der Waals surface area contributed by atoms with Gasteiger partial charge in [-0.05, 0) is 18.2 Å². The highest BCUT2D eigenvalue weighted by Gasteiger charge is 2.09. The lowest BCUT2D eigenvalue weighted by molar-refractivity contribution is 0.411. The Hall–Kier alpha value is -2.10. The number of benzene rings is 1. The molecule has 0 aliphatic carbocycles. The maximum Gasteiger partial charge on any atom is 0.134 e. The van der Waals surface area contributed by atoms with Crippen molar-refractivity contribution in [2.75, 3.05) is 12.8 Å². The van der Waals surface area contributed by atoms with Crippen LogP contribution in [-0.4, -0.2) is 12.1 Å². The minimum absolute atomic E-state index is 0.376. The molecule has 0 fully saturated rings. The molecule has 2 N–H and O–H groups in total. The number of nitrogens with zero attached hydrogens (tertiary/aromatic N) is 1. The molecule has 4 heteroatoms. The zero-order valence-corrected chi connectivity index (χ0v) is 8.77. The number of hydrogen-bond donors (Lipinski definition) is 1. The molecule has 0 saturated heterocycles. The predicted molar refractivity (Wildman–Crippen MR) is 60.6 cm³/mol. The molecule has 0 amide bonds. The highest BCUT2D eigenvalue weighted by Crippen LogP contribution is 2.29. The van der Waals surface area contributed by atoms with Crippen molar-refractivity contribution in [1.29, 1.82) is 0 Å². The maximum absolute atomic E-state index is 13.7. The SMILES string of the molecule is COc1ccc(-c2cnccc2N)c(F)c1. The van der Waals surface area contributed by atoms with E-state index in [1.807, 2.05) is 0 Å². The predicted octanol–water partition coefficient (Wildman–Crippen LogP) is 2.48. The number of nitrogens with two attached hydrogens (primary N) is 1. The third-order valence-electron chi connectivity index (χ3n) is 2.32. The van der Waals surface area contributed by atoms with Crippen LogP contribution in [0.25, 0.3) is 11.1 Å². The summed E-state index contributed by atoms with van der Waals surface area (Å²) in [5, 5.41) is 0. The number of rotatable bonds is 2. The fourth-order valence-corrected chi connectivity index (χ4v) is 1.47. The summed E-state index contributed by atoms with van der Waals surface area (Å²) in [5.74, 6) is 0.0998. The first-order chi connectivity index (χ1) is 7.72. The maximum atomic E-state index is 13.7. The van der Waals surface area contributed by atoms with Crippen LogP contribution in [-0.2, 0) is 0 Å². The van der Waals surface area contributed by atoms with E-state index in [0.29, 0.717) is 22.6 Å². The summed E-state index contributed by atoms with van der Waals surface area (Å²) >= 11 is 0. The van der Waals surface area contributed by atoms with E-state index in [2.05, 4.69) is 4.98 Å². The molecule has 0 aliphatic rings. The van der Waals surface area contributed by atoms with Gasteiger partial charge in [0.2, 0.25) is 0 Å². The lowest BCUT2D eigenvalue weighted by Crippen LogP contribution is -1.93. The third kappa shape index (κ3) is 1.82. The van der Waals surface area contributed by atoms with E-state index in [4.69, 9.17) is 10.5 Å². The average molecular weight is 218 g/mol. The van der Waals surface area contributed by atoms with Crippen LogP contribution in [0.3, 0.4) is 0 Å². The van der Waals surface area contributed by atoms with Gasteiger partial charge in [0.1, 0.15) is 11.6 Å². The summed E-state index contributed by atoms with van der Waals surface area (Å²) in [7, 11) is 1.49. The Labute approximate surface area is 92.7 Å². The van der Waals surface area contributed by atoms with E-state index in [-0.39, 0.29) is 5.82 Å². The van der Waals surface area contributed by atoms with Crippen molar-refractivity contribution in [2.24, 2.45) is 0 Å². The van der Waals surface area contributed by atoms with Crippen molar-refractivity contribution >= 4 is 5.69 Å². The van der Waals surface area contributed by atoms with Crippen LogP contribution in [0.4, 0.5) is 10.1 Å². The van der Waals surface area contributed by atoms with E-state index in [0.717, 1.165) is 0 Å². The zero-order chi connectivity index (χ0) is 11.5. The number of nitrogen functional groups attached to an aromatic ring is 1. The second-order valence-electron chi connectivity index (χ2n) is 3.31. The summed E-state index contributed by atoms with van der Waals surface area (Å²) in [6.45, 7) is 0. The number of methoxy groups -OCH3 is 1. The van der Waals surface area contributed by atoms with Gasteiger partial charge in [-0.3, -0.25) is 4.98 Å². The summed E-state index contributed by atoms with van der Waals surface area (Å²) in [5.41, 5.74) is 7.26. The Morgan fingerprint density at radius 2 is 2.06 bits per heavy atom. The fourth-order valence-electron chi connectivity index (χ4n) is 1.47. The second kappa shape index (κ2) is 4.18. The van der Waals surface area contributed by atoms with Crippen LogP contribution in [0.2, 0.25) is 0 Å². The average Bonchev–Trinajstić information content (AvgIpc) is 2.30. The standard InChI is InChI=1S/C12H11FN2O/c1-16-8-2-3-9(11(13)6-8)10-7-15-5-4-12(10)14/h2-7H,1H3,(H2,14,15). The summed E-state index contributed by atoms with van der Waals surface area (Å²) in [4.78, 5) is 3.93. The van der Waals surface area contributed by atoms with E-state index < -0.39 is 0 Å². The van der Waals surface area contributed by atoms with E-state index in [1.54, 1.807) is 30.6 Å². The normalized spacial score (nSPS) is 10.1. The molecule has 1 heterocycles. The molecule has 2 rings (SSSR count). The molecule has 3 nitrogen and oxygen atoms in total. The molecular weight excluding hydrogens is 207 g/mol. The second-order valence-corrected chi connectivity index (χ2v) is 3.31. The van der Waals surface area contributed by atoms with Crippen molar-refractivity contribution in [2.45, 2.75) is 0 Å². The Kier molecular flexibility index (Phi) is 2.72. The summed E-state index contributed by atoms with van der Waals surface area (Å²) in [6, 6.07) is 6.27. The molecule has 0 unspecified atom stereocenters. The number of anilines is 1. The number of aromatic nitrogens is 1.